The van der Waals surface area contributed by atoms with E-state index in [4.69, 9.17) is 15.3 Å². The van der Waals surface area contributed by atoms with Gasteiger partial charge in [-0.05, 0) is 0 Å². The van der Waals surface area contributed by atoms with Crippen LogP contribution in [-0.2, 0) is 19.1 Å². The Labute approximate surface area is 135 Å². The van der Waals surface area contributed by atoms with Gasteiger partial charge in [0.25, 0.3) is 0 Å². The fourth-order valence-corrected chi connectivity index (χ4v) is 1.94. The van der Waals surface area contributed by atoms with Crippen molar-refractivity contribution < 1.29 is 59.9 Å². The molecule has 0 bridgehead atoms. The molecule has 12 heteroatoms. The molecule has 1 aliphatic heterocycles. The van der Waals surface area contributed by atoms with Crippen molar-refractivity contribution in [1.29, 1.82) is 0 Å². The third kappa shape index (κ3) is 4.37. The summed E-state index contributed by atoms with van der Waals surface area (Å²) in [6, 6.07) is 0. The molecule has 8 N–H and O–H groups in total. The number of aliphatic hydroxyl groups is 8. The predicted octanol–water partition coefficient (Wildman–Crippen LogP) is -6.03. The van der Waals surface area contributed by atoms with Crippen LogP contribution in [0.5, 0.6) is 0 Å². The van der Waals surface area contributed by atoms with E-state index in [1.165, 1.54) is 0 Å². The lowest BCUT2D eigenvalue weighted by molar-refractivity contribution is -0.220. The zero-order valence-electron chi connectivity index (χ0n) is 12.2. The molecule has 0 spiro atoms. The van der Waals surface area contributed by atoms with Crippen molar-refractivity contribution >= 4 is 11.9 Å². The minimum Gasteiger partial charge on any atom is -0.454 e. The topological polar surface area (TPSA) is 214 Å². The highest BCUT2D eigenvalue weighted by molar-refractivity contribution is 5.82. The third-order valence-electron chi connectivity index (χ3n) is 3.46. The molecule has 1 aliphatic rings. The van der Waals surface area contributed by atoms with Crippen LogP contribution in [0.1, 0.15) is 0 Å². The van der Waals surface area contributed by atoms with Gasteiger partial charge in [0.05, 0.1) is 13.2 Å². The van der Waals surface area contributed by atoms with Crippen molar-refractivity contribution in [2.24, 2.45) is 0 Å². The summed E-state index contributed by atoms with van der Waals surface area (Å²) in [7, 11) is 0. The van der Waals surface area contributed by atoms with Crippen LogP contribution in [0.25, 0.3) is 0 Å². The minimum absolute atomic E-state index is 0.794. The molecule has 0 aromatic rings. The fourth-order valence-electron chi connectivity index (χ4n) is 1.94. The van der Waals surface area contributed by atoms with E-state index < -0.39 is 74.0 Å². The third-order valence-corrected chi connectivity index (χ3v) is 3.46. The number of esters is 2. The Kier molecular flexibility index (Phi) is 7.44. The first-order chi connectivity index (χ1) is 11.1. The van der Waals surface area contributed by atoms with Crippen molar-refractivity contribution in [1.82, 2.24) is 0 Å². The van der Waals surface area contributed by atoms with E-state index in [0.29, 0.717) is 0 Å². The van der Waals surface area contributed by atoms with E-state index >= 15 is 0 Å². The van der Waals surface area contributed by atoms with Gasteiger partial charge in [0.2, 0.25) is 6.10 Å². The molecule has 1 heterocycles. The van der Waals surface area contributed by atoms with E-state index in [1.807, 2.05) is 0 Å². The Hall–Kier alpha value is -1.38. The van der Waals surface area contributed by atoms with Crippen LogP contribution in [0.4, 0.5) is 0 Å². The van der Waals surface area contributed by atoms with Crippen molar-refractivity contribution in [2.75, 3.05) is 13.2 Å². The maximum atomic E-state index is 11.7. The minimum atomic E-state index is -2.44. The molecular formula is C12H20O12. The summed E-state index contributed by atoms with van der Waals surface area (Å²) < 4.78 is 8.99. The molecule has 8 atom stereocenters. The number of hydrogen-bond acceptors (Lipinski definition) is 12. The monoisotopic (exact) mass is 356 g/mol. The van der Waals surface area contributed by atoms with Gasteiger partial charge >= 0.3 is 11.9 Å². The smallest absolute Gasteiger partial charge is 0.350 e. The van der Waals surface area contributed by atoms with Crippen LogP contribution < -0.4 is 0 Å². The maximum absolute atomic E-state index is 11.7. The fraction of sp³-hybridized carbons (Fsp3) is 0.833. The highest BCUT2D eigenvalue weighted by Crippen LogP contribution is 2.20. The summed E-state index contributed by atoms with van der Waals surface area (Å²) in [4.78, 5) is 23.3. The first kappa shape index (κ1) is 20.7. The van der Waals surface area contributed by atoms with Crippen LogP contribution >= 0.6 is 0 Å². The molecule has 0 aliphatic carbocycles. The first-order valence-electron chi connectivity index (χ1n) is 6.86. The molecule has 0 amide bonds. The Balaban J connectivity index is 2.74. The van der Waals surface area contributed by atoms with Gasteiger partial charge in [-0.15, -0.1) is 0 Å². The summed E-state index contributed by atoms with van der Waals surface area (Å²) in [5.74, 6) is -2.97. The predicted molar refractivity (Wildman–Crippen MR) is 70.0 cm³/mol. The molecule has 1 rings (SSSR count). The molecular weight excluding hydrogens is 336 g/mol. The molecule has 140 valence electrons. The lowest BCUT2D eigenvalue weighted by Crippen LogP contribution is -2.59. The summed E-state index contributed by atoms with van der Waals surface area (Å²) >= 11 is 0. The van der Waals surface area contributed by atoms with E-state index in [-0.39, 0.29) is 0 Å². The lowest BCUT2D eigenvalue weighted by Gasteiger charge is -2.35. The van der Waals surface area contributed by atoms with Crippen molar-refractivity contribution in [3.05, 3.63) is 0 Å². The summed E-state index contributed by atoms with van der Waals surface area (Å²) in [6.07, 6.45) is -15.9. The second-order valence-corrected chi connectivity index (χ2v) is 5.17. The number of aliphatic hydroxyl groups excluding tert-OH is 8. The zero-order chi connectivity index (χ0) is 18.6. The van der Waals surface area contributed by atoms with Crippen LogP contribution in [-0.4, -0.2) is 115 Å². The Morgan fingerprint density at radius 1 is 1.08 bits per heavy atom. The van der Waals surface area contributed by atoms with Crippen LogP contribution in [0.3, 0.4) is 0 Å². The molecule has 0 aromatic heterocycles. The average molecular weight is 356 g/mol. The average Bonchev–Trinajstić information content (AvgIpc) is 2.58. The molecule has 0 unspecified atom stereocenters. The van der Waals surface area contributed by atoms with Crippen LogP contribution in [0, 0.1) is 0 Å². The second-order valence-electron chi connectivity index (χ2n) is 5.17. The van der Waals surface area contributed by atoms with Gasteiger partial charge in [-0.1, -0.05) is 0 Å². The van der Waals surface area contributed by atoms with Gasteiger partial charge < -0.3 is 50.3 Å². The SMILES string of the molecule is O=C(O[C@H]1C(=O)O[C@H](CO)[C@@H](O)[C@@H]1O)[C@H](O)[C@@H](O)[C@H](O)[C@H](O)CO. The lowest BCUT2D eigenvalue weighted by atomic mass is 9.99. The summed E-state index contributed by atoms with van der Waals surface area (Å²) in [5.41, 5.74) is 0. The van der Waals surface area contributed by atoms with Crippen molar-refractivity contribution in [3.8, 4) is 0 Å². The number of cyclic esters (lactones) is 1. The standard InChI is InChI=1S/C12H20O12/c13-1-3(15)5(16)7(18)9(20)11(21)24-10-8(19)6(17)4(2-14)23-12(10)22/h3-10,13-20H,1-2H2/t3-,4-,5-,6-,7+,8+,9-,10-/m1/s1. The van der Waals surface area contributed by atoms with E-state index in [0.717, 1.165) is 0 Å². The van der Waals surface area contributed by atoms with Crippen molar-refractivity contribution in [2.45, 2.75) is 48.8 Å². The summed E-state index contributed by atoms with van der Waals surface area (Å²) in [5, 5.41) is 74.4. The van der Waals surface area contributed by atoms with Gasteiger partial charge in [0, 0.05) is 0 Å². The van der Waals surface area contributed by atoms with Gasteiger partial charge in [-0.25, -0.2) is 9.59 Å². The molecule has 0 saturated carbocycles. The maximum Gasteiger partial charge on any atom is 0.350 e. The Bertz CT molecular complexity index is 442. The number of rotatable bonds is 7. The Morgan fingerprint density at radius 3 is 2.17 bits per heavy atom. The quantitative estimate of drug-likeness (QED) is 0.200. The highest BCUT2D eigenvalue weighted by Gasteiger charge is 2.48. The van der Waals surface area contributed by atoms with E-state index in [1.54, 1.807) is 0 Å². The Morgan fingerprint density at radius 2 is 1.67 bits per heavy atom. The van der Waals surface area contributed by atoms with E-state index in [9.17, 15) is 35.1 Å². The largest absolute Gasteiger partial charge is 0.454 e. The molecule has 24 heavy (non-hydrogen) atoms. The van der Waals surface area contributed by atoms with Gasteiger partial charge in [0.1, 0.15) is 30.5 Å². The van der Waals surface area contributed by atoms with Crippen LogP contribution in [0.2, 0.25) is 0 Å². The van der Waals surface area contributed by atoms with Gasteiger partial charge in [-0.2, -0.15) is 0 Å². The second kappa shape index (κ2) is 8.64. The number of hydrogen-bond donors (Lipinski definition) is 8. The van der Waals surface area contributed by atoms with Gasteiger partial charge in [-0.3, -0.25) is 0 Å². The normalized spacial score (nSPS) is 32.4. The summed E-state index contributed by atoms with van der Waals surface area (Å²) in [6.45, 7) is -1.76. The van der Waals surface area contributed by atoms with Crippen molar-refractivity contribution in [3.63, 3.8) is 0 Å². The molecule has 0 radical (unpaired) electrons. The number of carbonyl (C=O) groups is 2. The molecule has 12 nitrogen and oxygen atoms in total. The number of carbonyl (C=O) groups excluding carboxylic acids is 2. The first-order valence-corrected chi connectivity index (χ1v) is 6.86. The van der Waals surface area contributed by atoms with Gasteiger partial charge in [0.15, 0.2) is 12.2 Å². The molecule has 1 fully saturated rings. The van der Waals surface area contributed by atoms with Crippen LogP contribution in [0.15, 0.2) is 0 Å². The highest BCUT2D eigenvalue weighted by atomic mass is 16.6. The molecule has 0 aromatic carbocycles. The van der Waals surface area contributed by atoms with E-state index in [2.05, 4.69) is 9.47 Å². The number of ether oxygens (including phenoxy) is 2. The zero-order valence-corrected chi connectivity index (χ0v) is 12.2. The molecule has 1 saturated heterocycles.